The predicted molar refractivity (Wildman–Crippen MR) is 99.1 cm³/mol. The molecule has 0 atom stereocenters. The largest absolute Gasteiger partial charge is 0.378 e. The van der Waals surface area contributed by atoms with Crippen molar-refractivity contribution in [3.8, 4) is 5.82 Å². The van der Waals surface area contributed by atoms with Gasteiger partial charge in [0.05, 0.1) is 22.0 Å². The lowest BCUT2D eigenvalue weighted by Gasteiger charge is -2.03. The Morgan fingerprint density at radius 3 is 2.85 bits per heavy atom. The lowest BCUT2D eigenvalue weighted by atomic mass is 10.2. The summed E-state index contributed by atoms with van der Waals surface area (Å²) in [7, 11) is 0. The van der Waals surface area contributed by atoms with Gasteiger partial charge in [-0.15, -0.1) is 5.10 Å². The summed E-state index contributed by atoms with van der Waals surface area (Å²) in [5.41, 5.74) is 9.38. The van der Waals surface area contributed by atoms with Gasteiger partial charge in [-0.1, -0.05) is 47.8 Å². The van der Waals surface area contributed by atoms with Crippen LogP contribution >= 0.6 is 23.2 Å². The minimum absolute atomic E-state index is 0.0434. The molecule has 27 heavy (non-hydrogen) atoms. The predicted octanol–water partition coefficient (Wildman–Crippen LogP) is 2.26. The molecule has 10 nitrogen and oxygen atoms in total. The van der Waals surface area contributed by atoms with E-state index >= 15 is 0 Å². The Hall–Kier alpha value is -2.98. The standard InChI is InChI=1S/C15H14Cl2N8O2/c1-2-3-11-12(20-24-25(11)14-13(18)22-27-23-14)15(26)21-19-7-8-4-5-9(16)10(17)6-8/h4-7H,2-3H2,1H3,(H2,18,22)(H,21,26). The molecule has 0 radical (unpaired) electrons. The summed E-state index contributed by atoms with van der Waals surface area (Å²) in [5, 5.41) is 19.7. The zero-order valence-electron chi connectivity index (χ0n) is 14.1. The van der Waals surface area contributed by atoms with E-state index in [1.165, 1.54) is 10.9 Å². The van der Waals surface area contributed by atoms with Crippen molar-refractivity contribution in [3.05, 3.63) is 45.2 Å². The molecule has 3 rings (SSSR count). The lowest BCUT2D eigenvalue weighted by Crippen LogP contribution is -2.20. The van der Waals surface area contributed by atoms with Crippen molar-refractivity contribution in [1.82, 2.24) is 30.7 Å². The van der Waals surface area contributed by atoms with Crippen molar-refractivity contribution in [2.75, 3.05) is 5.73 Å². The second kappa shape index (κ2) is 8.14. The third-order valence-electron chi connectivity index (χ3n) is 3.48. The van der Waals surface area contributed by atoms with Gasteiger partial charge in [-0.3, -0.25) is 4.79 Å². The van der Waals surface area contributed by atoms with Crippen molar-refractivity contribution in [2.45, 2.75) is 19.8 Å². The number of anilines is 1. The van der Waals surface area contributed by atoms with Crippen molar-refractivity contribution in [1.29, 1.82) is 0 Å². The molecule has 1 amide bonds. The Bertz CT molecular complexity index is 998. The number of rotatable bonds is 6. The minimum atomic E-state index is -0.531. The molecular formula is C15H14Cl2N8O2. The number of carbonyl (C=O) groups is 1. The van der Waals surface area contributed by atoms with Gasteiger partial charge in [0.2, 0.25) is 11.6 Å². The SMILES string of the molecule is CCCc1c(C(=O)NN=Cc2ccc(Cl)c(Cl)c2)nnn1-c1nonc1N. The first-order valence-corrected chi connectivity index (χ1v) is 8.58. The van der Waals surface area contributed by atoms with E-state index in [9.17, 15) is 4.79 Å². The normalized spacial score (nSPS) is 11.2. The van der Waals surface area contributed by atoms with E-state index < -0.39 is 5.91 Å². The van der Waals surface area contributed by atoms with Crippen molar-refractivity contribution >= 4 is 41.1 Å². The third-order valence-corrected chi connectivity index (χ3v) is 4.22. The number of nitrogens with one attached hydrogen (secondary N) is 1. The topological polar surface area (TPSA) is 137 Å². The monoisotopic (exact) mass is 408 g/mol. The second-order valence-electron chi connectivity index (χ2n) is 5.39. The summed E-state index contributed by atoms with van der Waals surface area (Å²) in [6.45, 7) is 1.95. The molecule has 3 aromatic rings. The fourth-order valence-electron chi connectivity index (χ4n) is 2.26. The summed E-state index contributed by atoms with van der Waals surface area (Å²) in [4.78, 5) is 12.4. The number of nitrogens with two attached hydrogens (primary N) is 1. The van der Waals surface area contributed by atoms with Crippen molar-refractivity contribution < 1.29 is 9.42 Å². The fourth-order valence-corrected chi connectivity index (χ4v) is 2.56. The molecular weight excluding hydrogens is 395 g/mol. The van der Waals surface area contributed by atoms with Gasteiger partial charge in [0, 0.05) is 0 Å². The van der Waals surface area contributed by atoms with E-state index in [4.69, 9.17) is 28.9 Å². The average Bonchev–Trinajstić information content (AvgIpc) is 3.24. The summed E-state index contributed by atoms with van der Waals surface area (Å²) >= 11 is 11.8. The number of hydrogen-bond donors (Lipinski definition) is 2. The molecule has 0 bridgehead atoms. The van der Waals surface area contributed by atoms with Gasteiger partial charge in [0.15, 0.2) is 5.69 Å². The van der Waals surface area contributed by atoms with Gasteiger partial charge in [-0.2, -0.15) is 9.78 Å². The van der Waals surface area contributed by atoms with Gasteiger partial charge in [-0.05, 0) is 34.4 Å². The van der Waals surface area contributed by atoms with Crippen molar-refractivity contribution in [3.63, 3.8) is 0 Å². The number of hydrazone groups is 1. The summed E-state index contributed by atoms with van der Waals surface area (Å²) in [5.74, 6) is -0.317. The Kier molecular flexibility index (Phi) is 5.67. The van der Waals surface area contributed by atoms with Crippen LogP contribution in [-0.4, -0.2) is 37.4 Å². The van der Waals surface area contributed by atoms with Crippen LogP contribution in [-0.2, 0) is 6.42 Å². The molecule has 2 heterocycles. The molecule has 0 saturated heterocycles. The molecule has 0 spiro atoms. The van der Waals surface area contributed by atoms with Crippen LogP contribution in [0.3, 0.4) is 0 Å². The maximum absolute atomic E-state index is 12.4. The number of nitrogen functional groups attached to an aromatic ring is 1. The molecule has 3 N–H and O–H groups in total. The van der Waals surface area contributed by atoms with Gasteiger partial charge >= 0.3 is 0 Å². The molecule has 12 heteroatoms. The van der Waals surface area contributed by atoms with Gasteiger partial charge in [0.1, 0.15) is 0 Å². The van der Waals surface area contributed by atoms with E-state index in [2.05, 4.69) is 35.8 Å². The highest BCUT2D eigenvalue weighted by atomic mass is 35.5. The van der Waals surface area contributed by atoms with Crippen molar-refractivity contribution in [2.24, 2.45) is 5.10 Å². The molecule has 0 aliphatic carbocycles. The molecule has 0 unspecified atom stereocenters. The molecule has 1 aromatic carbocycles. The number of carbonyl (C=O) groups excluding carboxylic acids is 1. The number of nitrogens with zero attached hydrogens (tertiary/aromatic N) is 6. The van der Waals surface area contributed by atoms with E-state index in [-0.39, 0.29) is 17.3 Å². The Morgan fingerprint density at radius 1 is 1.37 bits per heavy atom. The highest BCUT2D eigenvalue weighted by molar-refractivity contribution is 6.42. The molecule has 2 aromatic heterocycles. The number of aromatic nitrogens is 5. The van der Waals surface area contributed by atoms with Crippen LogP contribution in [0.1, 0.15) is 35.1 Å². The molecule has 0 fully saturated rings. The second-order valence-corrected chi connectivity index (χ2v) is 6.21. The maximum Gasteiger partial charge on any atom is 0.293 e. The third kappa shape index (κ3) is 4.07. The van der Waals surface area contributed by atoms with Crippen LogP contribution in [0.5, 0.6) is 0 Å². The lowest BCUT2D eigenvalue weighted by molar-refractivity contribution is 0.0949. The Labute approximate surface area is 163 Å². The van der Waals surface area contributed by atoms with Crippen LogP contribution in [0, 0.1) is 0 Å². The quantitative estimate of drug-likeness (QED) is 0.471. The van der Waals surface area contributed by atoms with Crippen LogP contribution in [0.25, 0.3) is 5.82 Å². The van der Waals surface area contributed by atoms with Gasteiger partial charge in [0.25, 0.3) is 5.91 Å². The zero-order valence-corrected chi connectivity index (χ0v) is 15.6. The van der Waals surface area contributed by atoms with E-state index in [1.807, 2.05) is 6.92 Å². The van der Waals surface area contributed by atoms with E-state index in [0.717, 1.165) is 6.42 Å². The van der Waals surface area contributed by atoms with Gasteiger partial charge in [-0.25, -0.2) is 10.1 Å². The highest BCUT2D eigenvalue weighted by Gasteiger charge is 2.23. The van der Waals surface area contributed by atoms with Crippen LogP contribution in [0.4, 0.5) is 5.82 Å². The van der Waals surface area contributed by atoms with Gasteiger partial charge < -0.3 is 5.73 Å². The van der Waals surface area contributed by atoms with E-state index in [0.29, 0.717) is 27.7 Å². The first-order chi connectivity index (χ1) is 13.0. The summed E-state index contributed by atoms with van der Waals surface area (Å²) < 4.78 is 5.90. The Balaban J connectivity index is 1.80. The van der Waals surface area contributed by atoms with Crippen LogP contribution in [0.2, 0.25) is 10.0 Å². The smallest absolute Gasteiger partial charge is 0.293 e. The van der Waals surface area contributed by atoms with E-state index in [1.54, 1.807) is 18.2 Å². The Morgan fingerprint density at radius 2 is 2.19 bits per heavy atom. The molecule has 0 saturated carbocycles. The number of halogens is 2. The number of hydrogen-bond acceptors (Lipinski definition) is 8. The minimum Gasteiger partial charge on any atom is -0.378 e. The summed E-state index contributed by atoms with van der Waals surface area (Å²) in [6.07, 6.45) is 2.69. The number of amides is 1. The first-order valence-electron chi connectivity index (χ1n) is 7.82. The van der Waals surface area contributed by atoms with Crippen LogP contribution in [0.15, 0.2) is 27.9 Å². The molecule has 0 aliphatic heterocycles. The average molecular weight is 409 g/mol. The molecule has 140 valence electrons. The molecule has 0 aliphatic rings. The summed E-state index contributed by atoms with van der Waals surface area (Å²) in [6, 6.07) is 4.97. The maximum atomic E-state index is 12.4. The fraction of sp³-hybridized carbons (Fsp3) is 0.200. The van der Waals surface area contributed by atoms with Crippen LogP contribution < -0.4 is 11.2 Å². The zero-order chi connectivity index (χ0) is 19.4. The first kappa shape index (κ1) is 18.8. The number of benzene rings is 1. The highest BCUT2D eigenvalue weighted by Crippen LogP contribution is 2.21.